The predicted molar refractivity (Wildman–Crippen MR) is 104 cm³/mol. The standard InChI is InChI=1S/C16H19ClN4O5S2.ClHO4/c1-9-4-10(2)21(11(3)5-9)8-16(22)20-13-6-12(17)14(27(18,23)24)7-15(13)28(19,25)26;2-1(3,4)5/h4-7H,8H2,1-3H3,(H4-,18,19,20,22,23,24,25,26);(H,2,3,4,5). The number of amides is 1. The number of primary sulfonamides is 2. The van der Waals surface area contributed by atoms with Crippen molar-refractivity contribution in [3.05, 3.63) is 46.2 Å². The van der Waals surface area contributed by atoms with E-state index in [9.17, 15) is 21.6 Å². The maximum absolute atomic E-state index is 12.5. The van der Waals surface area contributed by atoms with Gasteiger partial charge in [0.15, 0.2) is 11.4 Å². The Balaban J connectivity index is 0.000000981. The van der Waals surface area contributed by atoms with Gasteiger partial charge >= 0.3 is 0 Å². The number of nitrogens with one attached hydrogen (secondary N) is 1. The topological polar surface area (TPSA) is 246 Å². The molecule has 0 bridgehead atoms. The highest BCUT2D eigenvalue weighted by atomic mass is 35.7. The molecule has 0 fully saturated rings. The molecule has 0 unspecified atom stereocenters. The van der Waals surface area contributed by atoms with E-state index in [-0.39, 0.29) is 17.3 Å². The van der Waals surface area contributed by atoms with Gasteiger partial charge in [-0.15, -0.1) is 10.2 Å². The molecule has 0 aliphatic carbocycles. The normalized spacial score (nSPS) is 12.1. The summed E-state index contributed by atoms with van der Waals surface area (Å²) in [7, 11) is -13.6. The predicted octanol–water partition coefficient (Wildman–Crippen LogP) is -4.27. The molecule has 0 saturated heterocycles. The summed E-state index contributed by atoms with van der Waals surface area (Å²) in [6.45, 7) is 5.50. The highest BCUT2D eigenvalue weighted by Crippen LogP contribution is 2.30. The molecule has 0 aliphatic heterocycles. The van der Waals surface area contributed by atoms with E-state index in [1.165, 1.54) is 0 Å². The average Bonchev–Trinajstić information content (AvgIpc) is 2.54. The van der Waals surface area contributed by atoms with Crippen LogP contribution < -0.4 is 38.8 Å². The minimum absolute atomic E-state index is 0.101. The summed E-state index contributed by atoms with van der Waals surface area (Å²) >= 11 is 5.90. The van der Waals surface area contributed by atoms with Crippen LogP contribution >= 0.6 is 11.6 Å². The summed E-state index contributed by atoms with van der Waals surface area (Å²) in [6, 6.07) is 5.50. The molecule has 1 amide bonds. The zero-order chi connectivity index (χ0) is 25.9. The molecule has 5 N–H and O–H groups in total. The van der Waals surface area contributed by atoms with Gasteiger partial charge in [-0.3, -0.25) is 4.79 Å². The Hall–Kier alpha value is -1.92. The molecule has 0 radical (unpaired) electrons. The minimum Gasteiger partial charge on any atom is -0.319 e. The highest BCUT2D eigenvalue weighted by Gasteiger charge is 2.24. The zero-order valence-corrected chi connectivity index (χ0v) is 20.5. The molecule has 2 rings (SSSR count). The van der Waals surface area contributed by atoms with Gasteiger partial charge in [0, 0.05) is 26.0 Å². The molecule has 1 aromatic carbocycles. The number of aromatic nitrogens is 1. The number of sulfonamides is 2. The number of hydrogen-bond donors (Lipinski definition) is 3. The van der Waals surface area contributed by atoms with E-state index in [0.717, 1.165) is 29.1 Å². The fraction of sp³-hybridized carbons (Fsp3) is 0.250. The SMILES string of the molecule is Cc1cc(C)[n+](CC(=O)Nc2cc(Cl)c(S(N)(=O)=O)cc2S(N)(=O)=O)c(C)c1.[O-][Cl+3]([O-])([O-])[O-]. The molecule has 13 nitrogen and oxygen atoms in total. The second-order valence-electron chi connectivity index (χ2n) is 6.70. The average molecular weight is 547 g/mol. The third-order valence-electron chi connectivity index (χ3n) is 3.95. The van der Waals surface area contributed by atoms with Crippen molar-refractivity contribution in [2.24, 2.45) is 10.3 Å². The molecule has 33 heavy (non-hydrogen) atoms. The van der Waals surface area contributed by atoms with Gasteiger partial charge in [-0.2, -0.15) is 4.57 Å². The Morgan fingerprint density at radius 2 is 1.36 bits per heavy atom. The fourth-order valence-electron chi connectivity index (χ4n) is 2.80. The first-order chi connectivity index (χ1) is 14.7. The summed E-state index contributed by atoms with van der Waals surface area (Å²) in [5.74, 6) is -0.552. The summed E-state index contributed by atoms with van der Waals surface area (Å²) in [6.07, 6.45) is 0. The molecule has 0 spiro atoms. The summed E-state index contributed by atoms with van der Waals surface area (Å²) in [5.41, 5.74) is 2.46. The number of anilines is 1. The first kappa shape index (κ1) is 29.1. The van der Waals surface area contributed by atoms with Crippen LogP contribution in [-0.2, 0) is 31.4 Å². The highest BCUT2D eigenvalue weighted by molar-refractivity contribution is 7.90. The maximum Gasteiger partial charge on any atom is 0.290 e. The second-order valence-corrected chi connectivity index (χ2v) is 10.9. The van der Waals surface area contributed by atoms with Gasteiger partial charge in [0.25, 0.3) is 5.91 Å². The van der Waals surface area contributed by atoms with Crippen molar-refractivity contribution in [1.29, 1.82) is 0 Å². The lowest BCUT2D eigenvalue weighted by Crippen LogP contribution is -2.68. The van der Waals surface area contributed by atoms with Crippen LogP contribution in [0.2, 0.25) is 5.02 Å². The van der Waals surface area contributed by atoms with E-state index in [2.05, 4.69) is 5.32 Å². The number of halogens is 2. The van der Waals surface area contributed by atoms with Crippen LogP contribution in [-0.4, -0.2) is 22.7 Å². The first-order valence-corrected chi connectivity index (χ1v) is 13.2. The van der Waals surface area contributed by atoms with Crippen molar-refractivity contribution in [3.8, 4) is 0 Å². The van der Waals surface area contributed by atoms with Gasteiger partial charge in [0.05, 0.1) is 10.7 Å². The van der Waals surface area contributed by atoms with Gasteiger partial charge in [-0.25, -0.2) is 45.7 Å². The third kappa shape index (κ3) is 9.46. The number of nitrogens with zero attached hydrogens (tertiary/aromatic N) is 1. The van der Waals surface area contributed by atoms with E-state index in [4.69, 9.17) is 40.5 Å². The molecule has 0 aliphatic rings. The Labute approximate surface area is 197 Å². The van der Waals surface area contributed by atoms with E-state index >= 15 is 0 Å². The van der Waals surface area contributed by atoms with Gasteiger partial charge in [0.1, 0.15) is 9.79 Å². The molecule has 2 aromatic rings. The first-order valence-electron chi connectivity index (χ1n) is 8.48. The molecule has 184 valence electrons. The summed E-state index contributed by atoms with van der Waals surface area (Å²) in [4.78, 5) is 11.3. The Morgan fingerprint density at radius 1 is 0.939 bits per heavy atom. The van der Waals surface area contributed by atoms with Crippen molar-refractivity contribution in [2.45, 2.75) is 37.1 Å². The fourth-order valence-corrected chi connectivity index (χ4v) is 4.68. The van der Waals surface area contributed by atoms with E-state index in [1.807, 2.05) is 32.9 Å². The number of nitrogens with two attached hydrogens (primary N) is 2. The number of hydrogen-bond acceptors (Lipinski definition) is 9. The largest absolute Gasteiger partial charge is 0.319 e. The second kappa shape index (κ2) is 10.6. The Kier molecular flexibility index (Phi) is 9.32. The molecular weight excluding hydrogens is 527 g/mol. The molecule has 0 saturated carbocycles. The molecule has 17 heteroatoms. The van der Waals surface area contributed by atoms with Crippen LogP contribution in [0.15, 0.2) is 34.1 Å². The van der Waals surface area contributed by atoms with Crippen molar-refractivity contribution in [2.75, 3.05) is 5.32 Å². The van der Waals surface area contributed by atoms with Crippen LogP contribution in [0, 0.1) is 31.0 Å². The molecule has 0 atom stereocenters. The van der Waals surface area contributed by atoms with Gasteiger partial charge in [0.2, 0.25) is 26.6 Å². The number of pyridine rings is 1. The molecule has 1 heterocycles. The Bertz CT molecular complexity index is 1250. The number of aryl methyl sites for hydroxylation is 3. The van der Waals surface area contributed by atoms with Crippen LogP contribution in [0.1, 0.15) is 17.0 Å². The lowest BCUT2D eigenvalue weighted by atomic mass is 10.2. The van der Waals surface area contributed by atoms with E-state index < -0.39 is 46.0 Å². The van der Waals surface area contributed by atoms with Crippen LogP contribution in [0.5, 0.6) is 0 Å². The van der Waals surface area contributed by atoms with Gasteiger partial charge < -0.3 is 5.32 Å². The van der Waals surface area contributed by atoms with E-state index in [1.54, 1.807) is 4.57 Å². The number of benzene rings is 1. The van der Waals surface area contributed by atoms with Gasteiger partial charge in [-0.05, 0) is 24.6 Å². The lowest BCUT2D eigenvalue weighted by molar-refractivity contribution is -2.00. The van der Waals surface area contributed by atoms with Crippen molar-refractivity contribution < 1.29 is 55.1 Å². The zero-order valence-electron chi connectivity index (χ0n) is 17.4. The Morgan fingerprint density at radius 3 is 1.76 bits per heavy atom. The number of carbonyl (C=O) groups excluding carboxylic acids is 1. The lowest BCUT2D eigenvalue weighted by Gasteiger charge is -2.17. The van der Waals surface area contributed by atoms with Crippen LogP contribution in [0.3, 0.4) is 0 Å². The van der Waals surface area contributed by atoms with Crippen molar-refractivity contribution in [3.63, 3.8) is 0 Å². The quantitative estimate of drug-likeness (QED) is 0.306. The maximum atomic E-state index is 12.5. The monoisotopic (exact) mass is 546 g/mol. The van der Waals surface area contributed by atoms with Crippen molar-refractivity contribution in [1.82, 2.24) is 0 Å². The summed E-state index contributed by atoms with van der Waals surface area (Å²) in [5, 5.41) is 12.2. The molecule has 1 aromatic heterocycles. The van der Waals surface area contributed by atoms with Gasteiger partial charge in [-0.1, -0.05) is 11.6 Å². The van der Waals surface area contributed by atoms with Crippen LogP contribution in [0.4, 0.5) is 5.69 Å². The minimum atomic E-state index is -4.94. The third-order valence-corrected chi connectivity index (χ3v) is 6.27. The number of carbonyl (C=O) groups is 1. The number of rotatable bonds is 5. The smallest absolute Gasteiger partial charge is 0.290 e. The summed E-state index contributed by atoms with van der Waals surface area (Å²) < 4.78 is 82.6. The van der Waals surface area contributed by atoms with Crippen LogP contribution in [0.25, 0.3) is 0 Å². The van der Waals surface area contributed by atoms with E-state index in [0.29, 0.717) is 0 Å². The van der Waals surface area contributed by atoms with Crippen molar-refractivity contribution >= 4 is 43.2 Å². The molecular formula is C16H20Cl2N4O9S2.